The maximum Gasteiger partial charge on any atom is 0.358 e. The van der Waals surface area contributed by atoms with Gasteiger partial charge >= 0.3 is 5.97 Å². The van der Waals surface area contributed by atoms with Gasteiger partial charge in [0.25, 0.3) is 0 Å². The number of benzene rings is 1. The maximum absolute atomic E-state index is 11.0. The van der Waals surface area contributed by atoms with Crippen molar-refractivity contribution in [2.24, 2.45) is 5.73 Å². The Labute approximate surface area is 103 Å². The third-order valence-corrected chi connectivity index (χ3v) is 2.42. The third kappa shape index (κ3) is 2.05. The molecule has 0 aliphatic carbocycles. The lowest BCUT2D eigenvalue weighted by atomic mass is 10.2. The highest BCUT2D eigenvalue weighted by Crippen LogP contribution is 2.30. The van der Waals surface area contributed by atoms with Crippen molar-refractivity contribution in [1.82, 2.24) is 4.98 Å². The molecule has 1 aromatic heterocycles. The van der Waals surface area contributed by atoms with Gasteiger partial charge in [-0.25, -0.2) is 9.78 Å². The maximum atomic E-state index is 11.0. The molecule has 6 heteroatoms. The molecule has 0 saturated heterocycles. The van der Waals surface area contributed by atoms with E-state index in [0.29, 0.717) is 11.3 Å². The molecule has 0 bridgehead atoms. The van der Waals surface area contributed by atoms with E-state index in [1.807, 2.05) is 0 Å². The fourth-order valence-electron chi connectivity index (χ4n) is 1.59. The molecule has 18 heavy (non-hydrogen) atoms. The van der Waals surface area contributed by atoms with Gasteiger partial charge in [0.05, 0.1) is 19.2 Å². The number of oxazole rings is 1. The Balaban J connectivity index is 2.54. The van der Waals surface area contributed by atoms with Gasteiger partial charge in [0.1, 0.15) is 5.75 Å². The quantitative estimate of drug-likeness (QED) is 0.850. The molecule has 0 radical (unpaired) electrons. The van der Waals surface area contributed by atoms with Crippen LogP contribution in [0.5, 0.6) is 5.75 Å². The summed E-state index contributed by atoms with van der Waals surface area (Å²) in [5.74, 6) is -0.284. The summed E-state index contributed by atoms with van der Waals surface area (Å²) >= 11 is 0. The summed E-state index contributed by atoms with van der Waals surface area (Å²) in [5, 5.41) is 8.97. The number of hydrogen-bond donors (Lipinski definition) is 2. The fourth-order valence-corrected chi connectivity index (χ4v) is 1.59. The minimum Gasteiger partial charge on any atom is -0.496 e. The highest BCUT2D eigenvalue weighted by atomic mass is 16.5. The SMILES string of the molecule is COc1ccccc1-c1nc(C(=O)O)c(CN)o1. The lowest BCUT2D eigenvalue weighted by Gasteiger charge is -2.03. The predicted octanol–water partition coefficient (Wildman–Crippen LogP) is 1.51. The molecular weight excluding hydrogens is 236 g/mol. The van der Waals surface area contributed by atoms with Crippen molar-refractivity contribution in [2.75, 3.05) is 7.11 Å². The number of hydrogen-bond acceptors (Lipinski definition) is 5. The number of carbonyl (C=O) groups is 1. The molecule has 0 spiro atoms. The van der Waals surface area contributed by atoms with E-state index in [2.05, 4.69) is 4.98 Å². The van der Waals surface area contributed by atoms with E-state index >= 15 is 0 Å². The van der Waals surface area contributed by atoms with Crippen molar-refractivity contribution >= 4 is 5.97 Å². The number of aromatic nitrogens is 1. The van der Waals surface area contributed by atoms with Gasteiger partial charge in [-0.05, 0) is 12.1 Å². The summed E-state index contributed by atoms with van der Waals surface area (Å²) in [5.41, 5.74) is 5.84. The Kier molecular flexibility index (Phi) is 3.29. The second-order valence-corrected chi connectivity index (χ2v) is 3.50. The summed E-state index contributed by atoms with van der Waals surface area (Å²) in [6, 6.07) is 7.05. The molecule has 0 aliphatic rings. The molecule has 0 unspecified atom stereocenters. The first-order chi connectivity index (χ1) is 8.67. The Morgan fingerprint density at radius 2 is 2.22 bits per heavy atom. The molecule has 0 saturated carbocycles. The Bertz CT molecular complexity index is 577. The molecular formula is C12H12N2O4. The van der Waals surface area contributed by atoms with Crippen LogP contribution in [0.4, 0.5) is 0 Å². The zero-order valence-corrected chi connectivity index (χ0v) is 9.71. The number of nitrogens with zero attached hydrogens (tertiary/aromatic N) is 1. The van der Waals surface area contributed by atoms with Crippen LogP contribution in [0.3, 0.4) is 0 Å². The molecule has 3 N–H and O–H groups in total. The van der Waals surface area contributed by atoms with Crippen LogP contribution in [0.1, 0.15) is 16.2 Å². The lowest BCUT2D eigenvalue weighted by Crippen LogP contribution is -2.04. The van der Waals surface area contributed by atoms with Crippen molar-refractivity contribution in [3.63, 3.8) is 0 Å². The highest BCUT2D eigenvalue weighted by Gasteiger charge is 2.20. The van der Waals surface area contributed by atoms with Crippen LogP contribution in [0.15, 0.2) is 28.7 Å². The van der Waals surface area contributed by atoms with Crippen LogP contribution >= 0.6 is 0 Å². The van der Waals surface area contributed by atoms with Crippen LogP contribution in [0.25, 0.3) is 11.5 Å². The van der Waals surface area contributed by atoms with Gasteiger partial charge in [-0.2, -0.15) is 0 Å². The predicted molar refractivity (Wildman–Crippen MR) is 63.3 cm³/mol. The number of carboxylic acids is 1. The molecule has 94 valence electrons. The smallest absolute Gasteiger partial charge is 0.358 e. The van der Waals surface area contributed by atoms with E-state index in [1.54, 1.807) is 24.3 Å². The lowest BCUT2D eigenvalue weighted by molar-refractivity contribution is 0.0689. The summed E-state index contributed by atoms with van der Waals surface area (Å²) in [6.45, 7) is -0.0240. The van der Waals surface area contributed by atoms with Gasteiger partial charge in [-0.15, -0.1) is 0 Å². The number of rotatable bonds is 4. The third-order valence-electron chi connectivity index (χ3n) is 2.42. The highest BCUT2D eigenvalue weighted by molar-refractivity contribution is 5.87. The molecule has 0 atom stereocenters. The molecule has 0 fully saturated rings. The first-order valence-corrected chi connectivity index (χ1v) is 5.23. The average molecular weight is 248 g/mol. The molecule has 0 aliphatic heterocycles. The first-order valence-electron chi connectivity index (χ1n) is 5.23. The number of aromatic carboxylic acids is 1. The van der Waals surface area contributed by atoms with Gasteiger partial charge in [0.15, 0.2) is 11.5 Å². The molecule has 1 aromatic carbocycles. The first kappa shape index (κ1) is 12.1. The minimum absolute atomic E-state index is 0.0240. The Hall–Kier alpha value is -2.34. The van der Waals surface area contributed by atoms with E-state index in [4.69, 9.17) is 20.0 Å². The van der Waals surface area contributed by atoms with Gasteiger partial charge in [0.2, 0.25) is 5.89 Å². The van der Waals surface area contributed by atoms with Gasteiger partial charge in [-0.1, -0.05) is 12.1 Å². The average Bonchev–Trinajstić information content (AvgIpc) is 2.82. The number of nitrogens with two attached hydrogens (primary N) is 1. The molecule has 2 aromatic rings. The zero-order valence-electron chi connectivity index (χ0n) is 9.71. The number of methoxy groups -OCH3 is 1. The summed E-state index contributed by atoms with van der Waals surface area (Å²) in [7, 11) is 1.52. The summed E-state index contributed by atoms with van der Waals surface area (Å²) in [4.78, 5) is 14.9. The van der Waals surface area contributed by atoms with Crippen molar-refractivity contribution in [3.05, 3.63) is 35.7 Å². The largest absolute Gasteiger partial charge is 0.496 e. The van der Waals surface area contributed by atoms with E-state index in [1.165, 1.54) is 7.11 Å². The summed E-state index contributed by atoms with van der Waals surface area (Å²) in [6.07, 6.45) is 0. The van der Waals surface area contributed by atoms with Crippen LogP contribution < -0.4 is 10.5 Å². The fraction of sp³-hybridized carbons (Fsp3) is 0.167. The van der Waals surface area contributed by atoms with Crippen molar-refractivity contribution < 1.29 is 19.1 Å². The molecule has 6 nitrogen and oxygen atoms in total. The van der Waals surface area contributed by atoms with E-state index < -0.39 is 5.97 Å². The minimum atomic E-state index is -1.17. The standard InChI is InChI=1S/C12H12N2O4/c1-17-8-5-3-2-4-7(8)11-14-10(12(15)16)9(6-13)18-11/h2-5H,6,13H2,1H3,(H,15,16). The van der Waals surface area contributed by atoms with E-state index in [9.17, 15) is 4.79 Å². The van der Waals surface area contributed by atoms with Gasteiger partial charge < -0.3 is 20.0 Å². The van der Waals surface area contributed by atoms with E-state index in [-0.39, 0.29) is 23.9 Å². The van der Waals surface area contributed by atoms with Crippen molar-refractivity contribution in [2.45, 2.75) is 6.54 Å². The number of ether oxygens (including phenoxy) is 1. The number of carboxylic acid groups (broad SMARTS) is 1. The van der Waals surface area contributed by atoms with Gasteiger partial charge in [-0.3, -0.25) is 0 Å². The van der Waals surface area contributed by atoms with Crippen molar-refractivity contribution in [3.8, 4) is 17.2 Å². The monoisotopic (exact) mass is 248 g/mol. The molecule has 1 heterocycles. The molecule has 0 amide bonds. The second-order valence-electron chi connectivity index (χ2n) is 3.50. The second kappa shape index (κ2) is 4.89. The van der Waals surface area contributed by atoms with Crippen LogP contribution in [0, 0.1) is 0 Å². The van der Waals surface area contributed by atoms with E-state index in [0.717, 1.165) is 0 Å². The van der Waals surface area contributed by atoms with Gasteiger partial charge in [0, 0.05) is 0 Å². The Morgan fingerprint density at radius 3 is 2.78 bits per heavy atom. The Morgan fingerprint density at radius 1 is 1.50 bits per heavy atom. The number of para-hydroxylation sites is 1. The van der Waals surface area contributed by atoms with Crippen LogP contribution in [0.2, 0.25) is 0 Å². The van der Waals surface area contributed by atoms with Crippen LogP contribution in [-0.2, 0) is 6.54 Å². The van der Waals surface area contributed by atoms with Crippen LogP contribution in [-0.4, -0.2) is 23.2 Å². The molecule has 2 rings (SSSR count). The summed E-state index contributed by atoms with van der Waals surface area (Å²) < 4.78 is 10.5. The zero-order chi connectivity index (χ0) is 13.1. The van der Waals surface area contributed by atoms with Crippen molar-refractivity contribution in [1.29, 1.82) is 0 Å². The normalized spacial score (nSPS) is 10.3. The topological polar surface area (TPSA) is 98.6 Å².